The van der Waals surface area contributed by atoms with Crippen LogP contribution in [0.25, 0.3) is 0 Å². The number of cyclic esters (lactones) is 1. The van der Waals surface area contributed by atoms with Crippen molar-refractivity contribution in [2.24, 2.45) is 11.8 Å². The number of carbonyl (C=O) groups excluding carboxylic acids is 1. The molecule has 0 bridgehead atoms. The molecule has 0 saturated carbocycles. The molecule has 0 saturated heterocycles. The largest absolute Gasteiger partial charge is 0.511 e. The van der Waals surface area contributed by atoms with Gasteiger partial charge in [-0.1, -0.05) is 20.8 Å². The molecular weight excluding hydrogens is 208 g/mol. The summed E-state index contributed by atoms with van der Waals surface area (Å²) in [7, 11) is 0. The van der Waals surface area contributed by atoms with E-state index in [0.29, 0.717) is 6.42 Å². The van der Waals surface area contributed by atoms with Crippen LogP contribution < -0.4 is 0 Å². The maximum atomic E-state index is 11.5. The van der Waals surface area contributed by atoms with Gasteiger partial charge >= 0.3 is 5.97 Å². The fraction of sp³-hybridized carbons (Fsp3) is 0.750. The van der Waals surface area contributed by atoms with Gasteiger partial charge in [-0.15, -0.1) is 0 Å². The Morgan fingerprint density at radius 2 is 2.06 bits per heavy atom. The molecule has 1 aliphatic heterocycles. The highest BCUT2D eigenvalue weighted by Crippen LogP contribution is 2.31. The molecule has 0 unspecified atom stereocenters. The number of rotatable bonds is 3. The Labute approximate surface area is 95.9 Å². The number of aliphatic hydroxyl groups excluding tert-OH is 2. The van der Waals surface area contributed by atoms with E-state index in [9.17, 15) is 15.0 Å². The Morgan fingerprint density at radius 1 is 1.50 bits per heavy atom. The summed E-state index contributed by atoms with van der Waals surface area (Å²) >= 11 is 0. The van der Waals surface area contributed by atoms with Crippen molar-refractivity contribution >= 4 is 5.97 Å². The van der Waals surface area contributed by atoms with Gasteiger partial charge in [-0.3, -0.25) is 0 Å². The van der Waals surface area contributed by atoms with Gasteiger partial charge in [0.15, 0.2) is 0 Å². The molecule has 0 aromatic rings. The van der Waals surface area contributed by atoms with Crippen molar-refractivity contribution in [2.75, 3.05) is 0 Å². The second kappa shape index (κ2) is 4.87. The van der Waals surface area contributed by atoms with E-state index in [1.54, 1.807) is 13.8 Å². The van der Waals surface area contributed by atoms with E-state index < -0.39 is 18.2 Å². The summed E-state index contributed by atoms with van der Waals surface area (Å²) in [6.45, 7) is 7.05. The first-order chi connectivity index (χ1) is 7.40. The number of esters is 1. The average Bonchev–Trinajstić information content (AvgIpc) is 2.29. The van der Waals surface area contributed by atoms with Crippen LogP contribution in [0.5, 0.6) is 0 Å². The molecule has 2 N–H and O–H groups in total. The van der Waals surface area contributed by atoms with Crippen LogP contribution in [0.15, 0.2) is 11.3 Å². The minimum Gasteiger partial charge on any atom is -0.511 e. The summed E-state index contributed by atoms with van der Waals surface area (Å²) in [5.74, 6) is -0.847. The Bertz CT molecular complexity index is 308. The quantitative estimate of drug-likeness (QED) is 0.723. The molecule has 0 aromatic heterocycles. The van der Waals surface area contributed by atoms with Gasteiger partial charge in [-0.25, -0.2) is 4.79 Å². The van der Waals surface area contributed by atoms with Crippen LogP contribution in [0.4, 0.5) is 0 Å². The molecule has 1 aliphatic rings. The smallest absolute Gasteiger partial charge is 0.337 e. The SMILES string of the molecule is CC[C@H](O)[C@H](C)[C@@H]1OC(=O)C(C)=C(O)[C@@H]1C. The van der Waals surface area contributed by atoms with E-state index in [0.717, 1.165) is 0 Å². The topological polar surface area (TPSA) is 66.8 Å². The predicted octanol–water partition coefficient (Wildman–Crippen LogP) is 1.79. The van der Waals surface area contributed by atoms with E-state index in [4.69, 9.17) is 4.74 Å². The molecule has 4 nitrogen and oxygen atoms in total. The highest BCUT2D eigenvalue weighted by Gasteiger charge is 2.38. The lowest BCUT2D eigenvalue weighted by atomic mass is 9.84. The fourth-order valence-corrected chi connectivity index (χ4v) is 2.07. The van der Waals surface area contributed by atoms with Crippen molar-refractivity contribution in [3.8, 4) is 0 Å². The van der Waals surface area contributed by atoms with Gasteiger partial charge < -0.3 is 14.9 Å². The van der Waals surface area contributed by atoms with Crippen molar-refractivity contribution in [2.45, 2.75) is 46.3 Å². The number of hydrogen-bond donors (Lipinski definition) is 2. The summed E-state index contributed by atoms with van der Waals surface area (Å²) in [6.07, 6.45) is -0.372. The Balaban J connectivity index is 2.90. The summed E-state index contributed by atoms with van der Waals surface area (Å²) in [6, 6.07) is 0. The lowest BCUT2D eigenvalue weighted by Gasteiger charge is -2.35. The first kappa shape index (κ1) is 13.0. The van der Waals surface area contributed by atoms with E-state index in [1.807, 2.05) is 13.8 Å². The van der Waals surface area contributed by atoms with Crippen molar-refractivity contribution in [3.63, 3.8) is 0 Å². The lowest BCUT2D eigenvalue weighted by molar-refractivity contribution is -0.156. The van der Waals surface area contributed by atoms with Crippen LogP contribution in [-0.2, 0) is 9.53 Å². The first-order valence-corrected chi connectivity index (χ1v) is 5.68. The molecule has 4 atom stereocenters. The van der Waals surface area contributed by atoms with Crippen LogP contribution in [0.2, 0.25) is 0 Å². The monoisotopic (exact) mass is 228 g/mol. The molecule has 1 heterocycles. The fourth-order valence-electron chi connectivity index (χ4n) is 2.07. The molecule has 0 fully saturated rings. The molecule has 1 rings (SSSR count). The third kappa shape index (κ3) is 2.21. The standard InChI is InChI=1S/C12H20O4/c1-5-9(13)6(2)11-7(3)10(14)8(4)12(15)16-11/h6-7,9,11,13-14H,5H2,1-4H3/t6-,7-,9-,11-/m0/s1. The van der Waals surface area contributed by atoms with Crippen molar-refractivity contribution in [1.82, 2.24) is 0 Å². The molecular formula is C12H20O4. The maximum Gasteiger partial charge on any atom is 0.337 e. The molecule has 0 spiro atoms. The Hall–Kier alpha value is -1.03. The van der Waals surface area contributed by atoms with E-state index in [2.05, 4.69) is 0 Å². The molecule has 16 heavy (non-hydrogen) atoms. The molecule has 0 aromatic carbocycles. The highest BCUT2D eigenvalue weighted by atomic mass is 16.5. The number of hydrogen-bond acceptors (Lipinski definition) is 4. The zero-order chi connectivity index (χ0) is 12.5. The molecule has 92 valence electrons. The maximum absolute atomic E-state index is 11.5. The van der Waals surface area contributed by atoms with Crippen LogP contribution in [0.1, 0.15) is 34.1 Å². The van der Waals surface area contributed by atoms with Crippen molar-refractivity contribution < 1.29 is 19.7 Å². The van der Waals surface area contributed by atoms with Gasteiger partial charge in [0, 0.05) is 5.92 Å². The van der Waals surface area contributed by atoms with Gasteiger partial charge in [0.2, 0.25) is 0 Å². The number of aliphatic hydroxyl groups is 2. The number of carbonyl (C=O) groups is 1. The van der Waals surface area contributed by atoms with Crippen molar-refractivity contribution in [1.29, 1.82) is 0 Å². The zero-order valence-corrected chi connectivity index (χ0v) is 10.2. The van der Waals surface area contributed by atoms with Gasteiger partial charge in [0.05, 0.1) is 17.6 Å². The van der Waals surface area contributed by atoms with Crippen LogP contribution in [0.3, 0.4) is 0 Å². The Kier molecular flexibility index (Phi) is 3.97. The normalized spacial score (nSPS) is 29.9. The summed E-state index contributed by atoms with van der Waals surface area (Å²) in [4.78, 5) is 11.5. The molecule has 0 radical (unpaired) electrons. The van der Waals surface area contributed by atoms with Crippen LogP contribution in [0, 0.1) is 11.8 Å². The molecule has 4 heteroatoms. The zero-order valence-electron chi connectivity index (χ0n) is 10.2. The van der Waals surface area contributed by atoms with Gasteiger partial charge in [-0.2, -0.15) is 0 Å². The average molecular weight is 228 g/mol. The second-order valence-electron chi connectivity index (χ2n) is 4.50. The van der Waals surface area contributed by atoms with E-state index >= 15 is 0 Å². The summed E-state index contributed by atoms with van der Waals surface area (Å²) in [5, 5.41) is 19.5. The summed E-state index contributed by atoms with van der Waals surface area (Å²) < 4.78 is 5.25. The molecule has 0 aliphatic carbocycles. The molecule has 0 amide bonds. The van der Waals surface area contributed by atoms with Crippen molar-refractivity contribution in [3.05, 3.63) is 11.3 Å². The van der Waals surface area contributed by atoms with Gasteiger partial charge in [0.1, 0.15) is 11.9 Å². The lowest BCUT2D eigenvalue weighted by Crippen LogP contribution is -2.41. The predicted molar refractivity (Wildman–Crippen MR) is 59.8 cm³/mol. The van der Waals surface area contributed by atoms with Crippen LogP contribution >= 0.6 is 0 Å². The minimum absolute atomic E-state index is 0.0800. The third-order valence-electron chi connectivity index (χ3n) is 3.40. The summed E-state index contributed by atoms with van der Waals surface area (Å²) in [5.41, 5.74) is 0.266. The van der Waals surface area contributed by atoms with E-state index in [1.165, 1.54) is 0 Å². The first-order valence-electron chi connectivity index (χ1n) is 5.68. The van der Waals surface area contributed by atoms with Gasteiger partial charge in [0.25, 0.3) is 0 Å². The third-order valence-corrected chi connectivity index (χ3v) is 3.40. The van der Waals surface area contributed by atoms with E-state index in [-0.39, 0.29) is 23.2 Å². The van der Waals surface area contributed by atoms with Crippen LogP contribution in [-0.4, -0.2) is 28.4 Å². The highest BCUT2D eigenvalue weighted by molar-refractivity contribution is 5.89. The Morgan fingerprint density at radius 3 is 2.56 bits per heavy atom. The number of ether oxygens (including phenoxy) is 1. The van der Waals surface area contributed by atoms with Gasteiger partial charge in [-0.05, 0) is 13.3 Å². The second-order valence-corrected chi connectivity index (χ2v) is 4.50. The minimum atomic E-state index is -0.522.